The minimum Gasteiger partial charge on any atom is -0.330 e. The Morgan fingerprint density at radius 2 is 2.18 bits per heavy atom. The highest BCUT2D eigenvalue weighted by Crippen LogP contribution is 2.15. The molecule has 0 aliphatic heterocycles. The molecule has 0 radical (unpaired) electrons. The van der Waals surface area contributed by atoms with Crippen LogP contribution in [0.5, 0.6) is 0 Å². The zero-order valence-electron chi connectivity index (χ0n) is 11.5. The molecule has 0 spiro atoms. The average Bonchev–Trinajstić information content (AvgIpc) is 2.65. The van der Waals surface area contributed by atoms with Gasteiger partial charge in [-0.2, -0.15) is 5.10 Å². The molecule has 1 rings (SSSR count). The molecular formula is C12H25N5. The Balaban J connectivity index is 2.55. The molecule has 0 atom stereocenters. The average molecular weight is 239 g/mol. The van der Waals surface area contributed by atoms with Crippen LogP contribution in [0.4, 0.5) is 0 Å². The molecule has 5 heteroatoms. The molecule has 0 amide bonds. The summed E-state index contributed by atoms with van der Waals surface area (Å²) in [5.41, 5.74) is 5.89. The van der Waals surface area contributed by atoms with Crippen LogP contribution >= 0.6 is 0 Å². The molecule has 0 aliphatic carbocycles. The predicted octanol–water partition coefficient (Wildman–Crippen LogP) is 1.10. The van der Waals surface area contributed by atoms with Crippen LogP contribution in [0.15, 0.2) is 6.33 Å². The molecule has 0 bridgehead atoms. The third kappa shape index (κ3) is 4.44. The first kappa shape index (κ1) is 14.1. The van der Waals surface area contributed by atoms with Crippen molar-refractivity contribution in [3.8, 4) is 0 Å². The fourth-order valence-electron chi connectivity index (χ4n) is 1.90. The summed E-state index contributed by atoms with van der Waals surface area (Å²) in [6.45, 7) is 9.92. The summed E-state index contributed by atoms with van der Waals surface area (Å²) in [6.07, 6.45) is 2.71. The molecule has 1 aromatic rings. The van der Waals surface area contributed by atoms with Gasteiger partial charge in [-0.05, 0) is 25.4 Å². The van der Waals surface area contributed by atoms with E-state index in [0.717, 1.165) is 31.9 Å². The van der Waals surface area contributed by atoms with Crippen LogP contribution in [0.25, 0.3) is 0 Å². The Kier molecular flexibility index (Phi) is 5.08. The summed E-state index contributed by atoms with van der Waals surface area (Å²) in [7, 11) is 2.10. The Hall–Kier alpha value is -0.940. The van der Waals surface area contributed by atoms with E-state index < -0.39 is 0 Å². The van der Waals surface area contributed by atoms with Crippen LogP contribution in [0.1, 0.15) is 33.0 Å². The number of hydrogen-bond donors (Lipinski definition) is 1. The standard InChI is InChI=1S/C12H25N5/c1-5-6-17-11(14-10-15-17)7-16(4)9-12(2,3)8-13/h10H,5-9,13H2,1-4H3. The van der Waals surface area contributed by atoms with E-state index in [9.17, 15) is 0 Å². The van der Waals surface area contributed by atoms with Crippen molar-refractivity contribution < 1.29 is 0 Å². The van der Waals surface area contributed by atoms with E-state index in [2.05, 4.69) is 42.8 Å². The summed E-state index contributed by atoms with van der Waals surface area (Å²) in [6, 6.07) is 0. The molecule has 1 aromatic heterocycles. The maximum atomic E-state index is 5.75. The normalized spacial score (nSPS) is 12.4. The first-order valence-corrected chi connectivity index (χ1v) is 6.24. The number of aryl methyl sites for hydroxylation is 1. The molecule has 0 saturated carbocycles. The van der Waals surface area contributed by atoms with E-state index in [1.165, 1.54) is 0 Å². The lowest BCUT2D eigenvalue weighted by molar-refractivity contribution is 0.203. The number of nitrogens with zero attached hydrogens (tertiary/aromatic N) is 4. The highest BCUT2D eigenvalue weighted by molar-refractivity contribution is 4.85. The highest BCUT2D eigenvalue weighted by Gasteiger charge is 2.19. The zero-order valence-corrected chi connectivity index (χ0v) is 11.5. The second-order valence-electron chi connectivity index (χ2n) is 5.44. The van der Waals surface area contributed by atoms with Gasteiger partial charge in [0, 0.05) is 13.1 Å². The second-order valence-corrected chi connectivity index (χ2v) is 5.44. The maximum absolute atomic E-state index is 5.75. The molecule has 5 nitrogen and oxygen atoms in total. The van der Waals surface area contributed by atoms with Crippen molar-refractivity contribution >= 4 is 0 Å². The Morgan fingerprint density at radius 3 is 2.76 bits per heavy atom. The van der Waals surface area contributed by atoms with Gasteiger partial charge in [0.1, 0.15) is 12.2 Å². The topological polar surface area (TPSA) is 60.0 Å². The molecule has 0 aliphatic rings. The van der Waals surface area contributed by atoms with Crippen LogP contribution in [-0.4, -0.2) is 39.8 Å². The minimum atomic E-state index is 0.143. The fourth-order valence-corrected chi connectivity index (χ4v) is 1.90. The van der Waals surface area contributed by atoms with Crippen molar-refractivity contribution in [3.05, 3.63) is 12.2 Å². The van der Waals surface area contributed by atoms with Crippen molar-refractivity contribution in [1.82, 2.24) is 19.7 Å². The fraction of sp³-hybridized carbons (Fsp3) is 0.833. The lowest BCUT2D eigenvalue weighted by atomic mass is 9.93. The van der Waals surface area contributed by atoms with Crippen LogP contribution in [0, 0.1) is 5.41 Å². The number of nitrogens with two attached hydrogens (primary N) is 1. The Bertz CT molecular complexity index is 331. The van der Waals surface area contributed by atoms with E-state index in [-0.39, 0.29) is 5.41 Å². The first-order chi connectivity index (χ1) is 7.98. The number of hydrogen-bond acceptors (Lipinski definition) is 4. The van der Waals surface area contributed by atoms with Crippen LogP contribution in [0.3, 0.4) is 0 Å². The molecule has 17 heavy (non-hydrogen) atoms. The molecule has 98 valence electrons. The summed E-state index contributed by atoms with van der Waals surface area (Å²) in [5, 5.41) is 4.23. The van der Waals surface area contributed by atoms with E-state index in [4.69, 9.17) is 5.73 Å². The van der Waals surface area contributed by atoms with Crippen molar-refractivity contribution in [3.63, 3.8) is 0 Å². The SMILES string of the molecule is CCCn1ncnc1CN(C)CC(C)(C)CN. The smallest absolute Gasteiger partial charge is 0.140 e. The van der Waals surface area contributed by atoms with Crippen molar-refractivity contribution in [1.29, 1.82) is 0 Å². The summed E-state index contributed by atoms with van der Waals surface area (Å²) < 4.78 is 1.98. The van der Waals surface area contributed by atoms with Gasteiger partial charge in [0.05, 0.1) is 6.54 Å². The van der Waals surface area contributed by atoms with Crippen LogP contribution in [0.2, 0.25) is 0 Å². The van der Waals surface area contributed by atoms with E-state index >= 15 is 0 Å². The van der Waals surface area contributed by atoms with E-state index in [1.807, 2.05) is 4.68 Å². The van der Waals surface area contributed by atoms with E-state index in [0.29, 0.717) is 6.54 Å². The molecule has 0 saturated heterocycles. The predicted molar refractivity (Wildman–Crippen MR) is 69.5 cm³/mol. The van der Waals surface area contributed by atoms with Gasteiger partial charge in [-0.1, -0.05) is 20.8 Å². The van der Waals surface area contributed by atoms with Gasteiger partial charge in [-0.3, -0.25) is 4.90 Å². The van der Waals surface area contributed by atoms with Gasteiger partial charge in [-0.25, -0.2) is 9.67 Å². The molecular weight excluding hydrogens is 214 g/mol. The van der Waals surface area contributed by atoms with Gasteiger partial charge in [0.25, 0.3) is 0 Å². The van der Waals surface area contributed by atoms with Gasteiger partial charge < -0.3 is 5.73 Å². The monoisotopic (exact) mass is 239 g/mol. The lowest BCUT2D eigenvalue weighted by Gasteiger charge is -2.28. The van der Waals surface area contributed by atoms with Gasteiger partial charge in [0.15, 0.2) is 0 Å². The summed E-state index contributed by atoms with van der Waals surface area (Å²) in [4.78, 5) is 6.56. The van der Waals surface area contributed by atoms with Crippen LogP contribution in [-0.2, 0) is 13.1 Å². The number of aromatic nitrogens is 3. The Morgan fingerprint density at radius 1 is 1.47 bits per heavy atom. The third-order valence-electron chi connectivity index (χ3n) is 2.79. The van der Waals surface area contributed by atoms with Gasteiger partial charge >= 0.3 is 0 Å². The van der Waals surface area contributed by atoms with Gasteiger partial charge in [0.2, 0.25) is 0 Å². The first-order valence-electron chi connectivity index (χ1n) is 6.24. The van der Waals surface area contributed by atoms with Crippen molar-refractivity contribution in [2.24, 2.45) is 11.1 Å². The van der Waals surface area contributed by atoms with Gasteiger partial charge in [-0.15, -0.1) is 0 Å². The summed E-state index contributed by atoms with van der Waals surface area (Å²) in [5.74, 6) is 1.03. The molecule has 0 aromatic carbocycles. The van der Waals surface area contributed by atoms with Crippen LogP contribution < -0.4 is 5.73 Å². The zero-order chi connectivity index (χ0) is 12.9. The quantitative estimate of drug-likeness (QED) is 0.774. The minimum absolute atomic E-state index is 0.143. The lowest BCUT2D eigenvalue weighted by Crippen LogP contribution is -2.36. The highest BCUT2D eigenvalue weighted by atomic mass is 15.3. The summed E-state index contributed by atoms with van der Waals surface area (Å²) >= 11 is 0. The van der Waals surface area contributed by atoms with E-state index in [1.54, 1.807) is 6.33 Å². The maximum Gasteiger partial charge on any atom is 0.140 e. The van der Waals surface area contributed by atoms with Crippen molar-refractivity contribution in [2.45, 2.75) is 40.3 Å². The third-order valence-corrected chi connectivity index (χ3v) is 2.79. The largest absolute Gasteiger partial charge is 0.330 e. The molecule has 1 heterocycles. The number of rotatable bonds is 7. The molecule has 0 fully saturated rings. The molecule has 0 unspecified atom stereocenters. The second kappa shape index (κ2) is 6.12. The molecule has 2 N–H and O–H groups in total. The Labute approximate surface area is 104 Å². The van der Waals surface area contributed by atoms with Crippen molar-refractivity contribution in [2.75, 3.05) is 20.1 Å².